The minimum Gasteiger partial charge on any atom is -0.207 e. The lowest BCUT2D eigenvalue weighted by Gasteiger charge is -2.18. The van der Waals surface area contributed by atoms with Gasteiger partial charge in [-0.2, -0.15) is 4.31 Å². The molecule has 0 bridgehead atoms. The van der Waals surface area contributed by atoms with E-state index >= 15 is 0 Å². The summed E-state index contributed by atoms with van der Waals surface area (Å²) in [7, 11) is -1.96. The Hall–Kier alpha value is -1.36. The van der Waals surface area contributed by atoms with Gasteiger partial charge in [0.1, 0.15) is 0 Å². The van der Waals surface area contributed by atoms with Gasteiger partial charge in [0.25, 0.3) is 0 Å². The predicted octanol–water partition coefficient (Wildman–Crippen LogP) is 3.78. The second-order valence-electron chi connectivity index (χ2n) is 5.10. The maximum atomic E-state index is 12.6. The van der Waals surface area contributed by atoms with Gasteiger partial charge in [-0.3, -0.25) is 0 Å². The first-order valence-corrected chi connectivity index (χ1v) is 8.41. The lowest BCUT2D eigenvalue weighted by atomic mass is 10.1. The van der Waals surface area contributed by atoms with Crippen LogP contribution >= 0.6 is 11.6 Å². The van der Waals surface area contributed by atoms with E-state index in [1.807, 2.05) is 38.1 Å². The van der Waals surface area contributed by atoms with E-state index in [0.29, 0.717) is 9.92 Å². The lowest BCUT2D eigenvalue weighted by molar-refractivity contribution is 0.466. The fourth-order valence-corrected chi connectivity index (χ4v) is 3.44. The van der Waals surface area contributed by atoms with Gasteiger partial charge >= 0.3 is 0 Å². The number of benzene rings is 2. The zero-order chi connectivity index (χ0) is 15.6. The Morgan fingerprint density at radius 2 is 1.71 bits per heavy atom. The van der Waals surface area contributed by atoms with Crippen molar-refractivity contribution in [3.63, 3.8) is 0 Å². The third kappa shape index (κ3) is 3.46. The Morgan fingerprint density at radius 1 is 1.05 bits per heavy atom. The molecule has 2 aromatic carbocycles. The molecule has 0 aliphatic carbocycles. The van der Waals surface area contributed by atoms with E-state index in [4.69, 9.17) is 11.6 Å². The largest absolute Gasteiger partial charge is 0.243 e. The number of aryl methyl sites for hydroxylation is 2. The summed E-state index contributed by atoms with van der Waals surface area (Å²) in [5.74, 6) is 0. The Labute approximate surface area is 131 Å². The summed E-state index contributed by atoms with van der Waals surface area (Å²) in [5, 5.41) is 0.569. The van der Waals surface area contributed by atoms with Crippen LogP contribution in [0.5, 0.6) is 0 Å². The van der Waals surface area contributed by atoms with Crippen molar-refractivity contribution in [1.29, 1.82) is 0 Å². The van der Waals surface area contributed by atoms with Gasteiger partial charge in [0, 0.05) is 18.6 Å². The lowest BCUT2D eigenvalue weighted by Crippen LogP contribution is -2.26. The van der Waals surface area contributed by atoms with Crippen LogP contribution in [0.15, 0.2) is 47.4 Å². The van der Waals surface area contributed by atoms with E-state index in [-0.39, 0.29) is 6.54 Å². The molecule has 0 atom stereocenters. The molecule has 0 saturated heterocycles. The van der Waals surface area contributed by atoms with Crippen LogP contribution in [-0.2, 0) is 16.6 Å². The molecule has 0 N–H and O–H groups in total. The molecule has 0 fully saturated rings. The summed E-state index contributed by atoms with van der Waals surface area (Å²) in [6, 6.07) is 12.4. The molecule has 0 saturated carbocycles. The monoisotopic (exact) mass is 323 g/mol. The third-order valence-electron chi connectivity index (χ3n) is 3.54. The Balaban J connectivity index is 2.30. The third-order valence-corrected chi connectivity index (χ3v) is 5.71. The van der Waals surface area contributed by atoms with Crippen molar-refractivity contribution >= 4 is 21.6 Å². The summed E-state index contributed by atoms with van der Waals surface area (Å²) >= 11 is 6.09. The molecule has 0 amide bonds. The van der Waals surface area contributed by atoms with E-state index in [1.54, 1.807) is 25.2 Å². The number of rotatable bonds is 4. The molecular weight excluding hydrogens is 306 g/mol. The average molecular weight is 324 g/mol. The van der Waals surface area contributed by atoms with E-state index in [2.05, 4.69) is 0 Å². The van der Waals surface area contributed by atoms with E-state index in [9.17, 15) is 8.42 Å². The number of halogens is 1. The number of sulfonamides is 1. The molecule has 5 heteroatoms. The molecule has 0 aliphatic heterocycles. The van der Waals surface area contributed by atoms with Crippen molar-refractivity contribution in [2.24, 2.45) is 0 Å². The Bertz CT molecular complexity index is 757. The predicted molar refractivity (Wildman–Crippen MR) is 86.0 cm³/mol. The van der Waals surface area contributed by atoms with E-state index in [0.717, 1.165) is 16.7 Å². The van der Waals surface area contributed by atoms with Gasteiger partial charge in [0.2, 0.25) is 10.0 Å². The molecule has 3 nitrogen and oxygen atoms in total. The minimum absolute atomic E-state index is 0.245. The van der Waals surface area contributed by atoms with Crippen LogP contribution < -0.4 is 0 Å². The Kier molecular flexibility index (Phi) is 4.71. The molecule has 112 valence electrons. The highest BCUT2D eigenvalue weighted by Crippen LogP contribution is 2.22. The maximum absolute atomic E-state index is 12.6. The zero-order valence-corrected chi connectivity index (χ0v) is 13.9. The summed E-state index contributed by atoms with van der Waals surface area (Å²) in [4.78, 5) is 0.306. The van der Waals surface area contributed by atoms with Crippen LogP contribution in [0.25, 0.3) is 0 Å². The van der Waals surface area contributed by atoms with Crippen LogP contribution in [0, 0.1) is 13.8 Å². The van der Waals surface area contributed by atoms with Gasteiger partial charge in [0.05, 0.1) is 4.90 Å². The average Bonchev–Trinajstić information content (AvgIpc) is 2.44. The van der Waals surface area contributed by atoms with Crippen molar-refractivity contribution in [3.8, 4) is 0 Å². The smallest absolute Gasteiger partial charge is 0.207 e. The number of hydrogen-bond acceptors (Lipinski definition) is 2. The van der Waals surface area contributed by atoms with Crippen LogP contribution in [0.3, 0.4) is 0 Å². The van der Waals surface area contributed by atoms with Gasteiger partial charge in [-0.25, -0.2) is 8.42 Å². The van der Waals surface area contributed by atoms with Crippen molar-refractivity contribution in [1.82, 2.24) is 4.31 Å². The molecule has 0 unspecified atom stereocenters. The van der Waals surface area contributed by atoms with Crippen LogP contribution in [-0.4, -0.2) is 19.8 Å². The Morgan fingerprint density at radius 3 is 2.33 bits per heavy atom. The van der Waals surface area contributed by atoms with Gasteiger partial charge in [-0.15, -0.1) is 0 Å². The highest BCUT2D eigenvalue weighted by molar-refractivity contribution is 7.89. The summed E-state index contributed by atoms with van der Waals surface area (Å²) in [6.45, 7) is 4.11. The van der Waals surface area contributed by atoms with Crippen LogP contribution in [0.4, 0.5) is 0 Å². The molecule has 2 aromatic rings. The fraction of sp³-hybridized carbons (Fsp3) is 0.250. The van der Waals surface area contributed by atoms with Crippen molar-refractivity contribution in [2.75, 3.05) is 7.05 Å². The fourth-order valence-electron chi connectivity index (χ4n) is 2.01. The normalized spacial score (nSPS) is 11.9. The summed E-state index contributed by atoms with van der Waals surface area (Å²) in [6.07, 6.45) is 0. The van der Waals surface area contributed by atoms with Crippen molar-refractivity contribution in [2.45, 2.75) is 25.3 Å². The molecule has 0 heterocycles. The van der Waals surface area contributed by atoms with E-state index < -0.39 is 10.0 Å². The molecule has 2 rings (SSSR count). The van der Waals surface area contributed by atoms with Crippen LogP contribution in [0.1, 0.15) is 16.7 Å². The SMILES string of the molecule is Cc1ccc(S(=O)(=O)N(C)Cc2ccccc2Cl)cc1C. The quantitative estimate of drug-likeness (QED) is 0.858. The maximum Gasteiger partial charge on any atom is 0.243 e. The van der Waals surface area contributed by atoms with Crippen LogP contribution in [0.2, 0.25) is 5.02 Å². The molecule has 0 aliphatic rings. The van der Waals surface area contributed by atoms with Gasteiger partial charge in [-0.1, -0.05) is 35.9 Å². The van der Waals surface area contributed by atoms with Crippen molar-refractivity contribution < 1.29 is 8.42 Å². The van der Waals surface area contributed by atoms with Gasteiger partial charge in [-0.05, 0) is 48.7 Å². The number of nitrogens with zero attached hydrogens (tertiary/aromatic N) is 1. The standard InChI is InChI=1S/C16H18ClNO2S/c1-12-8-9-15(10-13(12)2)21(19,20)18(3)11-14-6-4-5-7-16(14)17/h4-10H,11H2,1-3H3. The summed E-state index contributed by atoms with van der Waals surface area (Å²) in [5.41, 5.74) is 2.82. The second-order valence-corrected chi connectivity index (χ2v) is 7.55. The van der Waals surface area contributed by atoms with Crippen molar-refractivity contribution in [3.05, 3.63) is 64.2 Å². The first-order valence-electron chi connectivity index (χ1n) is 6.59. The molecule has 0 radical (unpaired) electrons. The second kappa shape index (κ2) is 6.18. The highest BCUT2D eigenvalue weighted by atomic mass is 35.5. The number of hydrogen-bond donors (Lipinski definition) is 0. The van der Waals surface area contributed by atoms with Gasteiger partial charge < -0.3 is 0 Å². The first-order chi connectivity index (χ1) is 9.82. The van der Waals surface area contributed by atoms with Gasteiger partial charge in [0.15, 0.2) is 0 Å². The topological polar surface area (TPSA) is 37.4 Å². The van der Waals surface area contributed by atoms with E-state index in [1.165, 1.54) is 4.31 Å². The molecule has 0 spiro atoms. The zero-order valence-electron chi connectivity index (χ0n) is 12.3. The first kappa shape index (κ1) is 16.0. The molecule has 0 aromatic heterocycles. The highest BCUT2D eigenvalue weighted by Gasteiger charge is 2.21. The summed E-state index contributed by atoms with van der Waals surface area (Å²) < 4.78 is 26.5. The minimum atomic E-state index is -3.52. The molecular formula is C16H18ClNO2S. The molecule has 21 heavy (non-hydrogen) atoms.